The highest BCUT2D eigenvalue weighted by Gasteiger charge is 2.04. The normalized spacial score (nSPS) is 10.8. The topological polar surface area (TPSA) is 79.2 Å². The van der Waals surface area contributed by atoms with E-state index in [2.05, 4.69) is 38.4 Å². The Labute approximate surface area is 146 Å². The molecule has 0 spiro atoms. The second-order valence-corrected chi connectivity index (χ2v) is 5.87. The van der Waals surface area contributed by atoms with Crippen LogP contribution in [-0.2, 0) is 13.1 Å². The minimum Gasteiger partial charge on any atom is -0.396 e. The molecule has 2 aromatic carbocycles. The van der Waals surface area contributed by atoms with E-state index in [1.54, 1.807) is 0 Å². The number of carbonyl (C=O) groups is 1. The van der Waals surface area contributed by atoms with Gasteiger partial charge >= 0.3 is 6.03 Å². The highest BCUT2D eigenvalue weighted by Crippen LogP contribution is 2.14. The van der Waals surface area contributed by atoms with Crippen LogP contribution in [0.1, 0.15) is 17.5 Å². The van der Waals surface area contributed by atoms with Gasteiger partial charge in [0.1, 0.15) is 0 Å². The molecule has 130 valence electrons. The van der Waals surface area contributed by atoms with Crippen LogP contribution in [-0.4, -0.2) is 33.8 Å². The van der Waals surface area contributed by atoms with E-state index in [9.17, 15) is 4.79 Å². The third-order valence-electron chi connectivity index (χ3n) is 3.95. The fourth-order valence-electron chi connectivity index (χ4n) is 2.70. The summed E-state index contributed by atoms with van der Waals surface area (Å²) in [7, 11) is 0. The smallest absolute Gasteiger partial charge is 0.315 e. The largest absolute Gasteiger partial charge is 0.396 e. The quantitative estimate of drug-likeness (QED) is 0.578. The fourth-order valence-corrected chi connectivity index (χ4v) is 2.70. The van der Waals surface area contributed by atoms with Crippen molar-refractivity contribution in [2.24, 2.45) is 0 Å². The Morgan fingerprint density at radius 3 is 2.80 bits per heavy atom. The molecular weight excluding hydrogens is 316 g/mol. The second kappa shape index (κ2) is 8.30. The Kier molecular flexibility index (Phi) is 5.64. The Balaban J connectivity index is 1.61. The van der Waals surface area contributed by atoms with Crippen LogP contribution in [0.3, 0.4) is 0 Å². The fraction of sp³-hybridized carbons (Fsp3) is 0.263. The molecule has 0 aliphatic carbocycles. The summed E-state index contributed by atoms with van der Waals surface area (Å²) in [4.78, 5) is 16.1. The van der Waals surface area contributed by atoms with E-state index < -0.39 is 0 Å². The van der Waals surface area contributed by atoms with Crippen molar-refractivity contribution in [3.05, 3.63) is 66.0 Å². The van der Waals surface area contributed by atoms with Crippen molar-refractivity contribution in [3.8, 4) is 0 Å². The molecule has 6 heteroatoms. The molecule has 0 radical (unpaired) electrons. The molecule has 0 fully saturated rings. The van der Waals surface area contributed by atoms with Gasteiger partial charge in [-0.15, -0.1) is 0 Å². The zero-order valence-corrected chi connectivity index (χ0v) is 14.0. The summed E-state index contributed by atoms with van der Waals surface area (Å²) < 4.78 is 2.11. The van der Waals surface area contributed by atoms with E-state index in [-0.39, 0.29) is 12.6 Å². The number of aliphatic hydroxyl groups excluding tert-OH is 1. The zero-order chi connectivity index (χ0) is 17.5. The molecule has 1 aromatic heterocycles. The van der Waals surface area contributed by atoms with Gasteiger partial charge in [0, 0.05) is 26.2 Å². The standard InChI is InChI=1S/C19H22N4O2/c24-10-4-9-20-19(25)21-12-15-5-3-6-16(11-15)13-23-14-22-17-7-1-2-8-18(17)23/h1-3,5-8,11,14,24H,4,9-10,12-13H2,(H2,20,21,25). The first-order valence-electron chi connectivity index (χ1n) is 8.36. The van der Waals surface area contributed by atoms with Gasteiger partial charge in [-0.05, 0) is 29.7 Å². The average Bonchev–Trinajstić information content (AvgIpc) is 3.04. The van der Waals surface area contributed by atoms with E-state index >= 15 is 0 Å². The Hall–Kier alpha value is -2.86. The lowest BCUT2D eigenvalue weighted by molar-refractivity contribution is 0.237. The van der Waals surface area contributed by atoms with Crippen LogP contribution in [0.5, 0.6) is 0 Å². The molecule has 6 nitrogen and oxygen atoms in total. The maximum atomic E-state index is 11.7. The van der Waals surface area contributed by atoms with Crippen molar-refractivity contribution in [2.75, 3.05) is 13.2 Å². The number of benzene rings is 2. The molecule has 0 aliphatic heterocycles. The molecule has 0 aliphatic rings. The number of aromatic nitrogens is 2. The number of rotatable bonds is 7. The number of nitrogens with zero attached hydrogens (tertiary/aromatic N) is 2. The van der Waals surface area contributed by atoms with Crippen LogP contribution >= 0.6 is 0 Å². The Bertz CT molecular complexity index is 844. The average molecular weight is 338 g/mol. The molecule has 3 aromatic rings. The van der Waals surface area contributed by atoms with Crippen molar-refractivity contribution in [1.82, 2.24) is 20.2 Å². The lowest BCUT2D eigenvalue weighted by Gasteiger charge is -2.09. The van der Waals surface area contributed by atoms with Gasteiger partial charge in [0.15, 0.2) is 0 Å². The van der Waals surface area contributed by atoms with Crippen LogP contribution in [0, 0.1) is 0 Å². The summed E-state index contributed by atoms with van der Waals surface area (Å²) >= 11 is 0. The second-order valence-electron chi connectivity index (χ2n) is 5.87. The van der Waals surface area contributed by atoms with Gasteiger partial charge in [0.25, 0.3) is 0 Å². The lowest BCUT2D eigenvalue weighted by Crippen LogP contribution is -2.35. The number of nitrogens with one attached hydrogen (secondary N) is 2. The highest BCUT2D eigenvalue weighted by molar-refractivity contribution is 5.75. The van der Waals surface area contributed by atoms with Crippen LogP contribution in [0.4, 0.5) is 4.79 Å². The van der Waals surface area contributed by atoms with E-state index in [0.29, 0.717) is 19.5 Å². The first-order chi connectivity index (χ1) is 12.3. The molecule has 3 N–H and O–H groups in total. The Morgan fingerprint density at radius 2 is 1.92 bits per heavy atom. The summed E-state index contributed by atoms with van der Waals surface area (Å²) in [5.74, 6) is 0. The molecule has 25 heavy (non-hydrogen) atoms. The third-order valence-corrected chi connectivity index (χ3v) is 3.95. The molecule has 0 bridgehead atoms. The van der Waals surface area contributed by atoms with Crippen LogP contribution in [0.25, 0.3) is 11.0 Å². The monoisotopic (exact) mass is 338 g/mol. The number of para-hydroxylation sites is 2. The summed E-state index contributed by atoms with van der Waals surface area (Å²) in [5, 5.41) is 14.2. The van der Waals surface area contributed by atoms with E-state index in [1.165, 1.54) is 0 Å². The number of urea groups is 1. The third kappa shape index (κ3) is 4.58. The maximum Gasteiger partial charge on any atom is 0.315 e. The van der Waals surface area contributed by atoms with Gasteiger partial charge in [0.2, 0.25) is 0 Å². The number of fused-ring (bicyclic) bond motifs is 1. The first-order valence-corrected chi connectivity index (χ1v) is 8.36. The zero-order valence-electron chi connectivity index (χ0n) is 14.0. The SMILES string of the molecule is O=C(NCCCO)NCc1cccc(Cn2cnc3ccccc32)c1. The van der Waals surface area contributed by atoms with Gasteiger partial charge < -0.3 is 20.3 Å². The summed E-state index contributed by atoms with van der Waals surface area (Å²) in [6.07, 6.45) is 2.41. The summed E-state index contributed by atoms with van der Waals surface area (Å²) in [5.41, 5.74) is 4.29. The minimum atomic E-state index is -0.223. The number of carbonyl (C=O) groups excluding carboxylic acids is 1. The molecule has 2 amide bonds. The molecule has 1 heterocycles. The van der Waals surface area contributed by atoms with Gasteiger partial charge in [-0.25, -0.2) is 9.78 Å². The van der Waals surface area contributed by atoms with Crippen molar-refractivity contribution in [2.45, 2.75) is 19.5 Å². The number of hydrogen-bond donors (Lipinski definition) is 3. The van der Waals surface area contributed by atoms with Crippen molar-refractivity contribution >= 4 is 17.1 Å². The molecule has 0 unspecified atom stereocenters. The maximum absolute atomic E-state index is 11.7. The van der Waals surface area contributed by atoms with Gasteiger partial charge in [-0.2, -0.15) is 0 Å². The number of imidazole rings is 1. The number of amides is 2. The molecule has 0 saturated carbocycles. The van der Waals surface area contributed by atoms with Crippen molar-refractivity contribution < 1.29 is 9.90 Å². The molecule has 3 rings (SSSR count). The summed E-state index contributed by atoms with van der Waals surface area (Å²) in [6, 6.07) is 16.0. The molecular formula is C19H22N4O2. The van der Waals surface area contributed by atoms with E-state index in [1.807, 2.05) is 36.7 Å². The van der Waals surface area contributed by atoms with Crippen molar-refractivity contribution in [3.63, 3.8) is 0 Å². The van der Waals surface area contributed by atoms with Gasteiger partial charge in [0.05, 0.1) is 17.4 Å². The van der Waals surface area contributed by atoms with Crippen LogP contribution < -0.4 is 10.6 Å². The van der Waals surface area contributed by atoms with Gasteiger partial charge in [-0.1, -0.05) is 36.4 Å². The van der Waals surface area contributed by atoms with Crippen molar-refractivity contribution in [1.29, 1.82) is 0 Å². The Morgan fingerprint density at radius 1 is 1.08 bits per heavy atom. The van der Waals surface area contributed by atoms with Gasteiger partial charge in [-0.3, -0.25) is 0 Å². The van der Waals surface area contributed by atoms with Crippen LogP contribution in [0.2, 0.25) is 0 Å². The summed E-state index contributed by atoms with van der Waals surface area (Å²) in [6.45, 7) is 1.74. The number of aliphatic hydroxyl groups is 1. The van der Waals surface area contributed by atoms with Crippen LogP contribution in [0.15, 0.2) is 54.9 Å². The van der Waals surface area contributed by atoms with E-state index in [0.717, 1.165) is 28.7 Å². The predicted octanol–water partition coefficient (Wildman–Crippen LogP) is 2.27. The lowest BCUT2D eigenvalue weighted by atomic mass is 10.1. The minimum absolute atomic E-state index is 0.0747. The molecule has 0 atom stereocenters. The highest BCUT2D eigenvalue weighted by atomic mass is 16.3. The predicted molar refractivity (Wildman–Crippen MR) is 97.2 cm³/mol. The first kappa shape index (κ1) is 17.0. The molecule has 0 saturated heterocycles. The van der Waals surface area contributed by atoms with E-state index in [4.69, 9.17) is 5.11 Å². The number of hydrogen-bond acceptors (Lipinski definition) is 3.